The third-order valence-electron chi connectivity index (χ3n) is 5.63. The molecular weight excluding hydrogens is 380 g/mol. The van der Waals surface area contributed by atoms with Crippen LogP contribution < -0.4 is 5.43 Å². The lowest BCUT2D eigenvalue weighted by atomic mass is 9.89. The van der Waals surface area contributed by atoms with Crippen LogP contribution in [0.4, 0.5) is 0 Å². The highest BCUT2D eigenvalue weighted by atomic mass is 32.2. The molecule has 1 aliphatic rings. The third kappa shape index (κ3) is 2.08. The van der Waals surface area contributed by atoms with Gasteiger partial charge in [-0.25, -0.2) is 13.4 Å². The number of pyridine rings is 1. The number of hydrogen-bond acceptors (Lipinski definition) is 6. The number of hydrogen-bond donors (Lipinski definition) is 1. The summed E-state index contributed by atoms with van der Waals surface area (Å²) in [5, 5.41) is 16.6. The first kappa shape index (κ1) is 17.1. The van der Waals surface area contributed by atoms with Gasteiger partial charge in [-0.05, 0) is 18.4 Å². The molecule has 0 atom stereocenters. The summed E-state index contributed by atoms with van der Waals surface area (Å²) in [6.07, 6.45) is 5.16. The standard InChI is InChI=1S/C18H16N6O3S/c1-2-28(26,27)23-9-18(10-23,4-5-19)24-8-13-11-3-6-20-17-14(11)12(7-21-17)16(25)15(13)22-24/h3,6-8H,2,4,9-10H2,1H3,(H,20,21). The van der Waals surface area contributed by atoms with Crippen molar-refractivity contribution < 1.29 is 8.42 Å². The Morgan fingerprint density at radius 1 is 1.32 bits per heavy atom. The van der Waals surface area contributed by atoms with Crippen molar-refractivity contribution in [1.82, 2.24) is 24.1 Å². The van der Waals surface area contributed by atoms with E-state index >= 15 is 0 Å². The van der Waals surface area contributed by atoms with Gasteiger partial charge in [0.15, 0.2) is 0 Å². The molecule has 1 saturated heterocycles. The molecular formula is C18H16N6O3S. The topological polar surface area (TPSA) is 125 Å². The fraction of sp³-hybridized carbons (Fsp3) is 0.333. The van der Waals surface area contributed by atoms with Gasteiger partial charge in [0.1, 0.15) is 16.7 Å². The van der Waals surface area contributed by atoms with Crippen LogP contribution in [0.15, 0.2) is 29.5 Å². The van der Waals surface area contributed by atoms with Gasteiger partial charge in [0.05, 0.1) is 23.6 Å². The normalized spacial score (nSPS) is 17.3. The number of rotatable bonds is 4. The largest absolute Gasteiger partial charge is 0.346 e. The number of H-pyrrole nitrogens is 1. The average Bonchev–Trinajstić information content (AvgIpc) is 3.28. The Morgan fingerprint density at radius 2 is 2.11 bits per heavy atom. The van der Waals surface area contributed by atoms with E-state index in [4.69, 9.17) is 0 Å². The number of aromatic nitrogens is 4. The maximum absolute atomic E-state index is 12.9. The van der Waals surface area contributed by atoms with E-state index in [9.17, 15) is 18.5 Å². The van der Waals surface area contributed by atoms with Crippen molar-refractivity contribution in [3.63, 3.8) is 0 Å². The number of sulfonamides is 1. The number of nitrogens with one attached hydrogen (secondary N) is 1. The van der Waals surface area contributed by atoms with Crippen LogP contribution in [-0.2, 0) is 15.6 Å². The molecule has 10 heteroatoms. The summed E-state index contributed by atoms with van der Waals surface area (Å²) < 4.78 is 27.3. The maximum Gasteiger partial charge on any atom is 0.216 e. The van der Waals surface area contributed by atoms with Crippen LogP contribution in [0.5, 0.6) is 0 Å². The Morgan fingerprint density at radius 3 is 2.82 bits per heavy atom. The third-order valence-corrected chi connectivity index (χ3v) is 7.40. The highest BCUT2D eigenvalue weighted by Gasteiger charge is 2.49. The second-order valence-electron chi connectivity index (χ2n) is 7.18. The number of benzene rings is 1. The van der Waals surface area contributed by atoms with Gasteiger partial charge in [0.2, 0.25) is 15.5 Å². The van der Waals surface area contributed by atoms with E-state index in [1.54, 1.807) is 30.2 Å². The van der Waals surface area contributed by atoms with Gasteiger partial charge in [-0.3, -0.25) is 9.48 Å². The van der Waals surface area contributed by atoms with Gasteiger partial charge >= 0.3 is 0 Å². The maximum atomic E-state index is 12.9. The first-order chi connectivity index (χ1) is 13.4. The Bertz CT molecular complexity index is 1440. The molecule has 0 amide bonds. The van der Waals surface area contributed by atoms with Crippen molar-refractivity contribution in [3.05, 3.63) is 34.9 Å². The zero-order chi connectivity index (χ0) is 19.7. The molecule has 1 fully saturated rings. The summed E-state index contributed by atoms with van der Waals surface area (Å²) in [7, 11) is -3.34. The molecule has 4 aromatic rings. The van der Waals surface area contributed by atoms with Crippen LogP contribution in [0.25, 0.3) is 32.7 Å². The Labute approximate surface area is 159 Å². The summed E-state index contributed by atoms with van der Waals surface area (Å²) in [6, 6.07) is 4.01. The molecule has 1 aromatic carbocycles. The Hall–Kier alpha value is -3.03. The van der Waals surface area contributed by atoms with Gasteiger partial charge in [-0.1, -0.05) is 0 Å². The summed E-state index contributed by atoms with van der Waals surface area (Å²) in [5.41, 5.74) is -0.0403. The minimum atomic E-state index is -3.34. The Kier molecular flexibility index (Phi) is 3.36. The molecule has 0 aliphatic carbocycles. The minimum absolute atomic E-state index is 0.00797. The molecule has 0 spiro atoms. The number of nitriles is 1. The molecule has 5 rings (SSSR count). The predicted octanol–water partition coefficient (Wildman–Crippen LogP) is 1.14. The van der Waals surface area contributed by atoms with Crippen LogP contribution in [0, 0.1) is 11.3 Å². The quantitative estimate of drug-likeness (QED) is 0.551. The van der Waals surface area contributed by atoms with Crippen LogP contribution in [0.3, 0.4) is 0 Å². The SMILES string of the molecule is CCS(=O)(=O)N1CC(CC#N)(n2cc3c(n2)c(=O)c2cnc4[nH]ccc3c42)C1. The van der Waals surface area contributed by atoms with Crippen molar-refractivity contribution in [2.24, 2.45) is 0 Å². The molecule has 9 nitrogen and oxygen atoms in total. The van der Waals surface area contributed by atoms with E-state index in [1.165, 1.54) is 4.31 Å². The predicted molar refractivity (Wildman–Crippen MR) is 104 cm³/mol. The van der Waals surface area contributed by atoms with Gasteiger partial charge in [-0.15, -0.1) is 0 Å². The van der Waals surface area contributed by atoms with E-state index in [0.29, 0.717) is 21.9 Å². The van der Waals surface area contributed by atoms with Crippen molar-refractivity contribution in [1.29, 1.82) is 5.26 Å². The van der Waals surface area contributed by atoms with E-state index in [1.807, 2.05) is 6.07 Å². The van der Waals surface area contributed by atoms with E-state index in [2.05, 4.69) is 21.1 Å². The molecule has 0 unspecified atom stereocenters. The zero-order valence-corrected chi connectivity index (χ0v) is 15.8. The van der Waals surface area contributed by atoms with Crippen LogP contribution in [-0.4, -0.2) is 51.3 Å². The van der Waals surface area contributed by atoms with E-state index < -0.39 is 15.6 Å². The molecule has 3 aromatic heterocycles. The molecule has 4 heterocycles. The summed E-state index contributed by atoms with van der Waals surface area (Å²) >= 11 is 0. The zero-order valence-electron chi connectivity index (χ0n) is 15.0. The van der Waals surface area contributed by atoms with Gasteiger partial charge in [0.25, 0.3) is 0 Å². The van der Waals surface area contributed by atoms with Gasteiger partial charge in [0, 0.05) is 42.5 Å². The number of nitrogens with zero attached hydrogens (tertiary/aromatic N) is 5. The smallest absolute Gasteiger partial charge is 0.216 e. The minimum Gasteiger partial charge on any atom is -0.346 e. The van der Waals surface area contributed by atoms with E-state index in [-0.39, 0.29) is 30.7 Å². The fourth-order valence-electron chi connectivity index (χ4n) is 4.04. The Balaban J connectivity index is 1.71. The lowest BCUT2D eigenvalue weighted by molar-refractivity contribution is 0.0726. The molecule has 0 bridgehead atoms. The number of aromatic amines is 1. The molecule has 28 heavy (non-hydrogen) atoms. The molecule has 1 aliphatic heterocycles. The molecule has 0 saturated carbocycles. The van der Waals surface area contributed by atoms with Gasteiger partial charge in [-0.2, -0.15) is 14.7 Å². The van der Waals surface area contributed by atoms with Crippen molar-refractivity contribution >= 4 is 42.7 Å². The number of fused-ring (bicyclic) bond motifs is 2. The van der Waals surface area contributed by atoms with Gasteiger partial charge < -0.3 is 4.98 Å². The molecule has 1 N–H and O–H groups in total. The lowest BCUT2D eigenvalue weighted by Gasteiger charge is -2.47. The van der Waals surface area contributed by atoms with Crippen molar-refractivity contribution in [2.75, 3.05) is 18.8 Å². The average molecular weight is 396 g/mol. The van der Waals surface area contributed by atoms with Crippen molar-refractivity contribution in [2.45, 2.75) is 18.9 Å². The lowest BCUT2D eigenvalue weighted by Crippen LogP contribution is -2.64. The van der Waals surface area contributed by atoms with E-state index in [0.717, 1.165) is 10.8 Å². The summed E-state index contributed by atoms with van der Waals surface area (Å²) in [6.45, 7) is 1.93. The van der Waals surface area contributed by atoms with Crippen molar-refractivity contribution in [3.8, 4) is 6.07 Å². The van der Waals surface area contributed by atoms with Crippen LogP contribution in [0.2, 0.25) is 0 Å². The van der Waals surface area contributed by atoms with Crippen LogP contribution >= 0.6 is 0 Å². The second kappa shape index (κ2) is 5.50. The van der Waals surface area contributed by atoms with Crippen LogP contribution in [0.1, 0.15) is 13.3 Å². The monoisotopic (exact) mass is 396 g/mol. The fourth-order valence-corrected chi connectivity index (χ4v) is 5.27. The second-order valence-corrected chi connectivity index (χ2v) is 9.44. The summed E-state index contributed by atoms with van der Waals surface area (Å²) in [4.78, 5) is 20.2. The highest BCUT2D eigenvalue weighted by Crippen LogP contribution is 2.36. The first-order valence-electron chi connectivity index (χ1n) is 8.86. The molecule has 142 valence electrons. The summed E-state index contributed by atoms with van der Waals surface area (Å²) in [5.74, 6) is 0.00797. The molecule has 0 radical (unpaired) electrons. The highest BCUT2D eigenvalue weighted by molar-refractivity contribution is 7.89. The first-order valence-corrected chi connectivity index (χ1v) is 10.5.